The first-order valence-electron chi connectivity index (χ1n) is 5.30. The van der Waals surface area contributed by atoms with Gasteiger partial charge in [-0.1, -0.05) is 0 Å². The van der Waals surface area contributed by atoms with Gasteiger partial charge in [0.25, 0.3) is 0 Å². The molecular formula is C12H11F2N5. The lowest BCUT2D eigenvalue weighted by Crippen LogP contribution is -2.14. The third kappa shape index (κ3) is 2.76. The lowest BCUT2D eigenvalue weighted by molar-refractivity contribution is 0.603. The number of amidine groups is 1. The Hall–Kier alpha value is -2.70. The zero-order valence-electron chi connectivity index (χ0n) is 9.74. The standard InChI is InChI=1S/C12H11F2N5/c13-6-1-3-8(14)9(5-6)18-10-4-2-7(11(15)16)12(17)19-10/h1-5H,(H3,15,16)(H3,17,18,19). The minimum atomic E-state index is -0.614. The Morgan fingerprint density at radius 3 is 2.58 bits per heavy atom. The highest BCUT2D eigenvalue weighted by molar-refractivity contribution is 5.99. The number of aromatic nitrogens is 1. The average molecular weight is 263 g/mol. The number of nitrogens with two attached hydrogens (primary N) is 2. The molecule has 0 saturated heterocycles. The number of benzene rings is 1. The monoisotopic (exact) mass is 263 g/mol. The highest BCUT2D eigenvalue weighted by atomic mass is 19.1. The maximum Gasteiger partial charge on any atom is 0.146 e. The fourth-order valence-corrected chi connectivity index (χ4v) is 1.50. The molecule has 1 aromatic heterocycles. The van der Waals surface area contributed by atoms with Crippen LogP contribution in [0.2, 0.25) is 0 Å². The second-order valence-corrected chi connectivity index (χ2v) is 3.79. The van der Waals surface area contributed by atoms with Crippen LogP contribution in [0.4, 0.5) is 26.1 Å². The predicted octanol–water partition coefficient (Wildman–Crippen LogP) is 1.97. The molecule has 1 aromatic carbocycles. The van der Waals surface area contributed by atoms with Crippen molar-refractivity contribution in [1.29, 1.82) is 5.41 Å². The van der Waals surface area contributed by atoms with Gasteiger partial charge in [0.05, 0.1) is 11.3 Å². The highest BCUT2D eigenvalue weighted by Crippen LogP contribution is 2.21. The molecule has 6 N–H and O–H groups in total. The molecule has 0 aliphatic carbocycles. The normalized spacial score (nSPS) is 10.2. The van der Waals surface area contributed by atoms with Crippen LogP contribution in [-0.4, -0.2) is 10.8 Å². The maximum absolute atomic E-state index is 13.4. The molecule has 0 fully saturated rings. The first-order chi connectivity index (χ1) is 8.97. The van der Waals surface area contributed by atoms with Crippen LogP contribution in [0.25, 0.3) is 0 Å². The van der Waals surface area contributed by atoms with E-state index in [1.54, 1.807) is 0 Å². The average Bonchev–Trinajstić information content (AvgIpc) is 2.33. The summed E-state index contributed by atoms with van der Waals surface area (Å²) in [6, 6.07) is 5.97. The van der Waals surface area contributed by atoms with E-state index in [4.69, 9.17) is 16.9 Å². The number of hydrogen-bond donors (Lipinski definition) is 4. The third-order valence-electron chi connectivity index (χ3n) is 2.41. The summed E-state index contributed by atoms with van der Waals surface area (Å²) < 4.78 is 26.4. The van der Waals surface area contributed by atoms with E-state index in [9.17, 15) is 8.78 Å². The van der Waals surface area contributed by atoms with E-state index in [1.165, 1.54) is 12.1 Å². The molecule has 0 aliphatic rings. The lowest BCUT2D eigenvalue weighted by atomic mass is 10.2. The van der Waals surface area contributed by atoms with Gasteiger partial charge in [-0.2, -0.15) is 0 Å². The van der Waals surface area contributed by atoms with E-state index in [-0.39, 0.29) is 28.7 Å². The van der Waals surface area contributed by atoms with Gasteiger partial charge in [0.1, 0.15) is 29.1 Å². The second-order valence-electron chi connectivity index (χ2n) is 3.79. The maximum atomic E-state index is 13.4. The molecule has 5 nitrogen and oxygen atoms in total. The van der Waals surface area contributed by atoms with Gasteiger partial charge >= 0.3 is 0 Å². The molecule has 0 amide bonds. The van der Waals surface area contributed by atoms with Crippen molar-refractivity contribution in [2.45, 2.75) is 0 Å². The minimum Gasteiger partial charge on any atom is -0.384 e. The van der Waals surface area contributed by atoms with E-state index in [0.29, 0.717) is 0 Å². The van der Waals surface area contributed by atoms with Crippen LogP contribution in [0, 0.1) is 17.0 Å². The molecule has 0 radical (unpaired) electrons. The number of halogens is 2. The molecular weight excluding hydrogens is 252 g/mol. The minimum absolute atomic E-state index is 0.0364. The lowest BCUT2D eigenvalue weighted by Gasteiger charge is -2.09. The van der Waals surface area contributed by atoms with Crippen molar-refractivity contribution >= 4 is 23.2 Å². The van der Waals surface area contributed by atoms with Crippen LogP contribution >= 0.6 is 0 Å². The number of hydrogen-bond acceptors (Lipinski definition) is 4. The number of pyridine rings is 1. The topological polar surface area (TPSA) is 101 Å². The summed E-state index contributed by atoms with van der Waals surface area (Å²) in [5.74, 6) is -1.13. The van der Waals surface area contributed by atoms with Crippen molar-refractivity contribution in [2.24, 2.45) is 5.73 Å². The van der Waals surface area contributed by atoms with Crippen LogP contribution in [-0.2, 0) is 0 Å². The van der Waals surface area contributed by atoms with Gasteiger partial charge in [0, 0.05) is 6.07 Å². The largest absolute Gasteiger partial charge is 0.384 e. The first kappa shape index (κ1) is 12.7. The van der Waals surface area contributed by atoms with E-state index >= 15 is 0 Å². The van der Waals surface area contributed by atoms with Crippen molar-refractivity contribution in [1.82, 2.24) is 4.98 Å². The summed E-state index contributed by atoms with van der Waals surface area (Å²) >= 11 is 0. The summed E-state index contributed by atoms with van der Waals surface area (Å²) in [5, 5.41) is 9.86. The molecule has 7 heteroatoms. The Morgan fingerprint density at radius 2 is 1.95 bits per heavy atom. The third-order valence-corrected chi connectivity index (χ3v) is 2.41. The summed E-state index contributed by atoms with van der Waals surface area (Å²) in [5.41, 5.74) is 11.1. The molecule has 2 aromatic rings. The van der Waals surface area contributed by atoms with Gasteiger partial charge in [0.2, 0.25) is 0 Å². The number of rotatable bonds is 3. The van der Waals surface area contributed by atoms with Gasteiger partial charge in [-0.05, 0) is 24.3 Å². The van der Waals surface area contributed by atoms with Gasteiger partial charge in [-0.3, -0.25) is 5.41 Å². The Kier molecular flexibility index (Phi) is 3.28. The van der Waals surface area contributed by atoms with Crippen LogP contribution in [0.1, 0.15) is 5.56 Å². The molecule has 98 valence electrons. The van der Waals surface area contributed by atoms with Crippen molar-refractivity contribution in [3.63, 3.8) is 0 Å². The van der Waals surface area contributed by atoms with E-state index in [0.717, 1.165) is 18.2 Å². The quantitative estimate of drug-likeness (QED) is 0.502. The SMILES string of the molecule is N=C(N)c1ccc(Nc2cc(F)ccc2F)nc1N. The summed E-state index contributed by atoms with van der Waals surface area (Å²) in [6.45, 7) is 0. The first-order valence-corrected chi connectivity index (χ1v) is 5.30. The zero-order valence-corrected chi connectivity index (χ0v) is 9.74. The van der Waals surface area contributed by atoms with Gasteiger partial charge in [0.15, 0.2) is 0 Å². The summed E-state index contributed by atoms with van der Waals surface area (Å²) in [4.78, 5) is 3.92. The molecule has 0 unspecified atom stereocenters. The molecule has 0 bridgehead atoms. The number of nitrogens with zero attached hydrogens (tertiary/aromatic N) is 1. The Balaban J connectivity index is 2.31. The Labute approximate surface area is 107 Å². The van der Waals surface area contributed by atoms with Crippen LogP contribution in [0.3, 0.4) is 0 Å². The number of anilines is 3. The van der Waals surface area contributed by atoms with Crippen molar-refractivity contribution in [2.75, 3.05) is 11.1 Å². The summed E-state index contributed by atoms with van der Waals surface area (Å²) in [6.07, 6.45) is 0. The molecule has 1 heterocycles. The van der Waals surface area contributed by atoms with Crippen LogP contribution in [0.5, 0.6) is 0 Å². The van der Waals surface area contributed by atoms with E-state index in [2.05, 4.69) is 10.3 Å². The van der Waals surface area contributed by atoms with Gasteiger partial charge in [-0.25, -0.2) is 13.8 Å². The van der Waals surface area contributed by atoms with Gasteiger partial charge in [-0.15, -0.1) is 0 Å². The van der Waals surface area contributed by atoms with Crippen molar-refractivity contribution < 1.29 is 8.78 Å². The number of nitrogens with one attached hydrogen (secondary N) is 2. The van der Waals surface area contributed by atoms with E-state index < -0.39 is 11.6 Å². The van der Waals surface area contributed by atoms with Crippen LogP contribution in [0.15, 0.2) is 30.3 Å². The molecule has 2 rings (SSSR count). The van der Waals surface area contributed by atoms with Crippen molar-refractivity contribution in [3.05, 3.63) is 47.5 Å². The molecule has 0 spiro atoms. The predicted molar refractivity (Wildman–Crippen MR) is 69.3 cm³/mol. The number of nitrogen functional groups attached to an aromatic ring is 2. The zero-order chi connectivity index (χ0) is 14.0. The summed E-state index contributed by atoms with van der Waals surface area (Å²) in [7, 11) is 0. The smallest absolute Gasteiger partial charge is 0.146 e. The molecule has 0 atom stereocenters. The fourth-order valence-electron chi connectivity index (χ4n) is 1.50. The van der Waals surface area contributed by atoms with Crippen molar-refractivity contribution in [3.8, 4) is 0 Å². The Bertz CT molecular complexity index is 642. The highest BCUT2D eigenvalue weighted by Gasteiger charge is 2.08. The van der Waals surface area contributed by atoms with E-state index in [1.807, 2.05) is 0 Å². The Morgan fingerprint density at radius 1 is 1.21 bits per heavy atom. The molecule has 0 aliphatic heterocycles. The molecule has 0 saturated carbocycles. The van der Waals surface area contributed by atoms with Crippen LogP contribution < -0.4 is 16.8 Å². The fraction of sp³-hybridized carbons (Fsp3) is 0. The van der Waals surface area contributed by atoms with Gasteiger partial charge < -0.3 is 16.8 Å². The second kappa shape index (κ2) is 4.89. The molecule has 19 heavy (non-hydrogen) atoms.